The maximum absolute atomic E-state index is 13.5. The third-order valence-corrected chi connectivity index (χ3v) is 10.9. The van der Waals surface area contributed by atoms with Crippen molar-refractivity contribution in [3.05, 3.63) is 117 Å². The van der Waals surface area contributed by atoms with Crippen molar-refractivity contribution in [1.29, 1.82) is 0 Å². The molecule has 0 radical (unpaired) electrons. The summed E-state index contributed by atoms with van der Waals surface area (Å²) in [6.45, 7) is 8.74. The predicted molar refractivity (Wildman–Crippen MR) is 203 cm³/mol. The Balaban J connectivity index is 1.27. The highest BCUT2D eigenvalue weighted by atomic mass is 35.5. The lowest BCUT2D eigenvalue weighted by Crippen LogP contribution is -2.30. The first-order chi connectivity index (χ1) is 23.9. The second kappa shape index (κ2) is 16.6. The van der Waals surface area contributed by atoms with E-state index in [1.54, 1.807) is 79.7 Å². The van der Waals surface area contributed by atoms with Gasteiger partial charge in [-0.05, 0) is 91.1 Å². The van der Waals surface area contributed by atoms with Gasteiger partial charge in [0.25, 0.3) is 11.8 Å². The Morgan fingerprint density at radius 3 is 2.44 bits per heavy atom. The summed E-state index contributed by atoms with van der Waals surface area (Å²) in [4.78, 5) is 54.6. The van der Waals surface area contributed by atoms with E-state index in [0.29, 0.717) is 38.3 Å². The zero-order valence-corrected chi connectivity index (χ0v) is 30.8. The minimum atomic E-state index is -0.545. The molecule has 1 atom stereocenters. The van der Waals surface area contributed by atoms with Gasteiger partial charge in [0.1, 0.15) is 10.7 Å². The van der Waals surface area contributed by atoms with E-state index in [4.69, 9.17) is 16.3 Å². The number of thioether (sulfide) groups is 1. The monoisotopic (exact) mass is 729 g/mol. The molecule has 5 rings (SSSR count). The van der Waals surface area contributed by atoms with Crippen molar-refractivity contribution in [3.8, 4) is 0 Å². The first kappa shape index (κ1) is 36.9. The number of fused-ring (bicyclic) bond motifs is 1. The molecule has 3 N–H and O–H groups in total. The first-order valence-corrected chi connectivity index (χ1v) is 18.6. The van der Waals surface area contributed by atoms with Crippen molar-refractivity contribution >= 4 is 75.2 Å². The number of thiophene rings is 1. The van der Waals surface area contributed by atoms with Crippen LogP contribution in [0.25, 0.3) is 6.08 Å². The fourth-order valence-corrected chi connectivity index (χ4v) is 7.97. The summed E-state index contributed by atoms with van der Waals surface area (Å²) >= 11 is 9.12. The summed E-state index contributed by atoms with van der Waals surface area (Å²) in [5.74, 6) is -1.09. The summed E-state index contributed by atoms with van der Waals surface area (Å²) < 4.78 is 5.39. The Morgan fingerprint density at radius 2 is 1.72 bits per heavy atom. The number of carbonyl (C=O) groups excluding carboxylic acids is 4. The summed E-state index contributed by atoms with van der Waals surface area (Å²) in [6.07, 6.45) is 4.14. The van der Waals surface area contributed by atoms with E-state index >= 15 is 0 Å². The van der Waals surface area contributed by atoms with Crippen LogP contribution in [0.4, 0.5) is 10.7 Å². The molecule has 0 saturated heterocycles. The van der Waals surface area contributed by atoms with Gasteiger partial charge in [0, 0.05) is 26.0 Å². The molecule has 0 spiro atoms. The largest absolute Gasteiger partial charge is 0.462 e. The van der Waals surface area contributed by atoms with Crippen LogP contribution in [0.1, 0.15) is 70.8 Å². The molecule has 3 aromatic carbocycles. The molecule has 0 bridgehead atoms. The molecular weight excluding hydrogens is 690 g/mol. The van der Waals surface area contributed by atoms with Crippen LogP contribution < -0.4 is 16.0 Å². The highest BCUT2D eigenvalue weighted by Gasteiger charge is 2.34. The van der Waals surface area contributed by atoms with Crippen LogP contribution in [0.2, 0.25) is 5.02 Å². The molecule has 1 aliphatic rings. The molecule has 1 aliphatic carbocycles. The molecule has 0 fully saturated rings. The van der Waals surface area contributed by atoms with Gasteiger partial charge in [-0.25, -0.2) is 4.79 Å². The number of ether oxygens (including phenoxy) is 1. The highest BCUT2D eigenvalue weighted by Crippen LogP contribution is 2.44. The lowest BCUT2D eigenvalue weighted by atomic mass is 9.72. The Bertz CT molecular complexity index is 1920. The Morgan fingerprint density at radius 1 is 0.980 bits per heavy atom. The number of anilines is 2. The number of benzene rings is 3. The molecule has 0 aliphatic heterocycles. The van der Waals surface area contributed by atoms with Crippen LogP contribution in [-0.4, -0.2) is 36.1 Å². The second-order valence-electron chi connectivity index (χ2n) is 13.0. The number of hydrogen-bond donors (Lipinski definition) is 3. The van der Waals surface area contributed by atoms with E-state index in [2.05, 4.69) is 36.7 Å². The van der Waals surface area contributed by atoms with Crippen molar-refractivity contribution in [3.63, 3.8) is 0 Å². The molecule has 8 nitrogen and oxygen atoms in total. The molecule has 1 unspecified atom stereocenters. The third-order valence-electron chi connectivity index (χ3n) is 8.42. The zero-order valence-electron chi connectivity index (χ0n) is 28.4. The number of hydrogen-bond acceptors (Lipinski definition) is 7. The molecule has 1 aromatic heterocycles. The topological polar surface area (TPSA) is 114 Å². The Labute approximate surface area is 306 Å². The summed E-state index contributed by atoms with van der Waals surface area (Å²) in [5, 5.41) is 9.51. The van der Waals surface area contributed by atoms with E-state index in [1.807, 2.05) is 6.07 Å². The van der Waals surface area contributed by atoms with Crippen LogP contribution in [0.3, 0.4) is 0 Å². The minimum absolute atomic E-state index is 0.00857. The predicted octanol–water partition coefficient (Wildman–Crippen LogP) is 8.87. The standard InChI is InChI=1S/C39H40ClN3O5S2/c1-5-48-38(47)34-29-19-18-26(39(2,3)4)21-32(29)50-37(34)43-33(44)23-49-28-16-11-15-27(22-28)41-36(46)31(20-25-14-9-10-17-30(25)40)42-35(45)24-12-7-6-8-13-24/h6-17,20,22,26H,5,18-19,21,23H2,1-4H3,(H,41,46)(H,42,45)(H,43,44)/b31-20+. The van der Waals surface area contributed by atoms with Gasteiger partial charge in [0.2, 0.25) is 5.91 Å². The maximum Gasteiger partial charge on any atom is 0.341 e. The molecule has 50 heavy (non-hydrogen) atoms. The fraction of sp³-hybridized carbons (Fsp3) is 0.282. The maximum atomic E-state index is 13.5. The first-order valence-electron chi connectivity index (χ1n) is 16.4. The molecule has 1 heterocycles. The smallest absolute Gasteiger partial charge is 0.341 e. The number of rotatable bonds is 11. The second-order valence-corrected chi connectivity index (χ2v) is 15.5. The van der Waals surface area contributed by atoms with Crippen LogP contribution in [0.15, 0.2) is 89.5 Å². The number of esters is 1. The van der Waals surface area contributed by atoms with E-state index in [-0.39, 0.29) is 29.4 Å². The van der Waals surface area contributed by atoms with Gasteiger partial charge in [0.05, 0.1) is 17.9 Å². The van der Waals surface area contributed by atoms with Gasteiger partial charge >= 0.3 is 5.97 Å². The van der Waals surface area contributed by atoms with Crippen molar-refractivity contribution in [2.75, 3.05) is 23.0 Å². The Kier molecular flexibility index (Phi) is 12.2. The van der Waals surface area contributed by atoms with Crippen molar-refractivity contribution < 1.29 is 23.9 Å². The van der Waals surface area contributed by atoms with E-state index in [9.17, 15) is 19.2 Å². The lowest BCUT2D eigenvalue weighted by molar-refractivity contribution is -0.114. The third kappa shape index (κ3) is 9.44. The van der Waals surface area contributed by atoms with Crippen LogP contribution in [-0.2, 0) is 27.2 Å². The van der Waals surface area contributed by atoms with Crippen molar-refractivity contribution in [1.82, 2.24) is 5.32 Å². The van der Waals surface area contributed by atoms with Gasteiger partial charge in [0.15, 0.2) is 0 Å². The fourth-order valence-electron chi connectivity index (χ4n) is 5.70. The number of nitrogens with one attached hydrogen (secondary N) is 3. The minimum Gasteiger partial charge on any atom is -0.462 e. The van der Waals surface area contributed by atoms with E-state index in [1.165, 1.54) is 29.2 Å². The van der Waals surface area contributed by atoms with Crippen LogP contribution in [0.5, 0.6) is 0 Å². The van der Waals surface area contributed by atoms with Gasteiger partial charge in [-0.1, -0.05) is 74.8 Å². The van der Waals surface area contributed by atoms with Crippen LogP contribution >= 0.6 is 34.7 Å². The molecule has 260 valence electrons. The van der Waals surface area contributed by atoms with Gasteiger partial charge in [-0.3, -0.25) is 14.4 Å². The number of amides is 3. The average molecular weight is 730 g/mol. The number of halogens is 1. The SMILES string of the molecule is CCOC(=O)c1c(NC(=O)CSc2cccc(NC(=O)/C(=C\c3ccccc3Cl)NC(=O)c3ccccc3)c2)sc2c1CCC(C(C)(C)C)C2. The molecule has 11 heteroatoms. The Hall–Kier alpha value is -4.38. The summed E-state index contributed by atoms with van der Waals surface area (Å²) in [7, 11) is 0. The summed E-state index contributed by atoms with van der Waals surface area (Å²) in [6, 6.07) is 22.7. The number of carbonyl (C=O) groups is 4. The molecular formula is C39H40ClN3O5S2. The molecule has 4 aromatic rings. The molecule has 3 amide bonds. The van der Waals surface area contributed by atoms with Gasteiger partial charge in [-0.15, -0.1) is 23.1 Å². The highest BCUT2D eigenvalue weighted by molar-refractivity contribution is 8.00. The van der Waals surface area contributed by atoms with Crippen LogP contribution in [0, 0.1) is 11.3 Å². The van der Waals surface area contributed by atoms with E-state index in [0.717, 1.165) is 34.6 Å². The van der Waals surface area contributed by atoms with Gasteiger partial charge in [-0.2, -0.15) is 0 Å². The van der Waals surface area contributed by atoms with Crippen molar-refractivity contribution in [2.45, 2.75) is 51.9 Å². The van der Waals surface area contributed by atoms with E-state index < -0.39 is 17.8 Å². The molecule has 0 saturated carbocycles. The lowest BCUT2D eigenvalue weighted by Gasteiger charge is -2.33. The quantitative estimate of drug-likeness (QED) is 0.0808. The normalized spacial score (nSPS) is 14.3. The average Bonchev–Trinajstić information content (AvgIpc) is 3.45. The van der Waals surface area contributed by atoms with Crippen molar-refractivity contribution in [2.24, 2.45) is 11.3 Å². The zero-order chi connectivity index (χ0) is 35.8. The summed E-state index contributed by atoms with van der Waals surface area (Å²) in [5.41, 5.74) is 3.05. The van der Waals surface area contributed by atoms with Gasteiger partial charge < -0.3 is 20.7 Å².